The third-order valence-corrected chi connectivity index (χ3v) is 3.91. The van der Waals surface area contributed by atoms with Crippen LogP contribution in [0.5, 0.6) is 0 Å². The van der Waals surface area contributed by atoms with E-state index in [1.165, 1.54) is 6.07 Å². The van der Waals surface area contributed by atoms with E-state index in [9.17, 15) is 14.9 Å². The molecule has 0 fully saturated rings. The Kier molecular flexibility index (Phi) is 4.00. The zero-order chi connectivity index (χ0) is 15.8. The summed E-state index contributed by atoms with van der Waals surface area (Å²) in [7, 11) is 3.82. The fourth-order valence-corrected chi connectivity index (χ4v) is 2.92. The van der Waals surface area contributed by atoms with Gasteiger partial charge in [-0.05, 0) is 25.7 Å². The minimum atomic E-state index is -0.397. The molecule has 0 N–H and O–H groups in total. The van der Waals surface area contributed by atoms with Gasteiger partial charge in [0.25, 0.3) is 5.69 Å². The molecule has 1 aliphatic heterocycles. The van der Waals surface area contributed by atoms with Crippen molar-refractivity contribution in [3.63, 3.8) is 0 Å². The molecule has 6 heteroatoms. The van der Waals surface area contributed by atoms with Gasteiger partial charge in [0.05, 0.1) is 11.0 Å². The summed E-state index contributed by atoms with van der Waals surface area (Å²) in [6.07, 6.45) is 0.921. The van der Waals surface area contributed by atoms with Gasteiger partial charge in [-0.15, -0.1) is 0 Å². The van der Waals surface area contributed by atoms with E-state index in [1.807, 2.05) is 30.0 Å². The van der Waals surface area contributed by atoms with Crippen molar-refractivity contribution in [2.75, 3.05) is 32.1 Å². The van der Waals surface area contributed by atoms with Gasteiger partial charge in [-0.1, -0.05) is 13.8 Å². The number of hydrogen-bond acceptors (Lipinski definition) is 5. The molecule has 6 nitrogen and oxygen atoms in total. The number of rotatable bonds is 5. The highest BCUT2D eigenvalue weighted by atomic mass is 16.6. The maximum Gasteiger partial charge on any atom is 0.271 e. The molecule has 0 radical (unpaired) electrons. The van der Waals surface area contributed by atoms with Crippen molar-refractivity contribution in [1.82, 2.24) is 4.90 Å². The third kappa shape index (κ3) is 2.90. The third-order valence-electron chi connectivity index (χ3n) is 3.91. The van der Waals surface area contributed by atoms with Crippen molar-refractivity contribution >= 4 is 17.7 Å². The second kappa shape index (κ2) is 5.44. The Labute approximate surface area is 124 Å². The largest absolute Gasteiger partial charge is 0.359 e. The Morgan fingerprint density at radius 1 is 1.48 bits per heavy atom. The Balaban J connectivity index is 2.46. The molecule has 0 bridgehead atoms. The number of aldehydes is 1. The van der Waals surface area contributed by atoms with Gasteiger partial charge >= 0.3 is 0 Å². The zero-order valence-corrected chi connectivity index (χ0v) is 12.9. The number of fused-ring (bicyclic) bond motifs is 1. The summed E-state index contributed by atoms with van der Waals surface area (Å²) < 4.78 is 0. The Hall–Kier alpha value is -1.95. The van der Waals surface area contributed by atoms with Crippen molar-refractivity contribution in [2.45, 2.75) is 25.3 Å². The van der Waals surface area contributed by atoms with E-state index in [1.54, 1.807) is 6.07 Å². The van der Waals surface area contributed by atoms with Gasteiger partial charge in [0, 0.05) is 36.3 Å². The molecule has 1 aliphatic rings. The lowest BCUT2D eigenvalue weighted by Gasteiger charge is -2.29. The Morgan fingerprint density at radius 3 is 2.67 bits per heavy atom. The number of nitro benzene ring substituents is 1. The SMILES string of the molecule is CN(C)CC(C=O)N1CC(C)(C)c2ccc([N+](=O)[O-])cc21. The van der Waals surface area contributed by atoms with Gasteiger partial charge in [0.15, 0.2) is 0 Å². The van der Waals surface area contributed by atoms with Gasteiger partial charge < -0.3 is 14.6 Å². The number of benzene rings is 1. The second-order valence-electron chi connectivity index (χ2n) is 6.44. The number of likely N-dealkylation sites (N-methyl/N-ethyl adjacent to an activating group) is 1. The van der Waals surface area contributed by atoms with Crippen molar-refractivity contribution in [3.8, 4) is 0 Å². The molecule has 0 aliphatic carbocycles. The standard InChI is InChI=1S/C15H21N3O3/c1-15(2)10-17(12(9-19)8-16(3)4)14-7-11(18(20)21)5-6-13(14)15/h5-7,9,12H,8,10H2,1-4H3. The highest BCUT2D eigenvalue weighted by molar-refractivity contribution is 5.73. The number of carbonyl (C=O) groups excluding carboxylic acids is 1. The van der Waals surface area contributed by atoms with E-state index in [4.69, 9.17) is 0 Å². The summed E-state index contributed by atoms with van der Waals surface area (Å²) in [6.45, 7) is 5.45. The lowest BCUT2D eigenvalue weighted by Crippen LogP contribution is -2.44. The van der Waals surface area contributed by atoms with Crippen LogP contribution in [0.25, 0.3) is 0 Å². The van der Waals surface area contributed by atoms with Crippen LogP contribution in [0.15, 0.2) is 18.2 Å². The second-order valence-corrected chi connectivity index (χ2v) is 6.44. The lowest BCUT2D eigenvalue weighted by atomic mass is 9.87. The van der Waals surface area contributed by atoms with Crippen LogP contribution in [0, 0.1) is 10.1 Å². The molecule has 0 saturated carbocycles. The molecule has 1 unspecified atom stereocenters. The van der Waals surface area contributed by atoms with Crippen LogP contribution < -0.4 is 4.90 Å². The summed E-state index contributed by atoms with van der Waals surface area (Å²) in [5.74, 6) is 0. The maximum absolute atomic E-state index is 11.5. The average Bonchev–Trinajstić information content (AvgIpc) is 2.67. The number of nitro groups is 1. The lowest BCUT2D eigenvalue weighted by molar-refractivity contribution is -0.384. The summed E-state index contributed by atoms with van der Waals surface area (Å²) in [6, 6.07) is 4.62. The molecule has 1 aromatic rings. The molecule has 1 atom stereocenters. The van der Waals surface area contributed by atoms with Crippen LogP contribution in [-0.2, 0) is 10.2 Å². The molecule has 1 heterocycles. The van der Waals surface area contributed by atoms with E-state index in [0.717, 1.165) is 17.5 Å². The van der Waals surface area contributed by atoms with Crippen molar-refractivity contribution < 1.29 is 9.72 Å². The van der Waals surface area contributed by atoms with E-state index in [2.05, 4.69) is 13.8 Å². The molecule has 0 amide bonds. The first-order chi connectivity index (χ1) is 9.76. The van der Waals surface area contributed by atoms with Gasteiger partial charge in [0.2, 0.25) is 0 Å². The highest BCUT2D eigenvalue weighted by Crippen LogP contribution is 2.42. The fraction of sp³-hybridized carbons (Fsp3) is 0.533. The Bertz CT molecular complexity index is 569. The van der Waals surface area contributed by atoms with Crippen LogP contribution in [0.4, 0.5) is 11.4 Å². The van der Waals surface area contributed by atoms with Crippen molar-refractivity contribution in [3.05, 3.63) is 33.9 Å². The molecular weight excluding hydrogens is 270 g/mol. The van der Waals surface area contributed by atoms with Gasteiger partial charge in [-0.3, -0.25) is 10.1 Å². The van der Waals surface area contributed by atoms with Crippen LogP contribution >= 0.6 is 0 Å². The highest BCUT2D eigenvalue weighted by Gasteiger charge is 2.39. The smallest absolute Gasteiger partial charge is 0.271 e. The topological polar surface area (TPSA) is 66.7 Å². The zero-order valence-electron chi connectivity index (χ0n) is 12.9. The van der Waals surface area contributed by atoms with Crippen LogP contribution in [0.3, 0.4) is 0 Å². The van der Waals surface area contributed by atoms with Crippen LogP contribution in [-0.4, -0.2) is 49.3 Å². The quantitative estimate of drug-likeness (QED) is 0.470. The van der Waals surface area contributed by atoms with Crippen LogP contribution in [0.2, 0.25) is 0 Å². The van der Waals surface area contributed by atoms with Gasteiger partial charge in [-0.2, -0.15) is 0 Å². The molecular formula is C15H21N3O3. The molecule has 21 heavy (non-hydrogen) atoms. The summed E-state index contributed by atoms with van der Waals surface area (Å²) in [5.41, 5.74) is 1.79. The van der Waals surface area contributed by atoms with E-state index >= 15 is 0 Å². The number of anilines is 1. The first-order valence-electron chi connectivity index (χ1n) is 6.92. The summed E-state index contributed by atoms with van der Waals surface area (Å²) >= 11 is 0. The Morgan fingerprint density at radius 2 is 2.14 bits per heavy atom. The minimum Gasteiger partial charge on any atom is -0.359 e. The number of non-ortho nitro benzene ring substituents is 1. The normalized spacial score (nSPS) is 17.7. The number of hydrogen-bond donors (Lipinski definition) is 0. The predicted molar refractivity (Wildman–Crippen MR) is 81.9 cm³/mol. The molecule has 114 valence electrons. The molecule has 0 saturated heterocycles. The molecule has 0 spiro atoms. The minimum absolute atomic E-state index is 0.0611. The summed E-state index contributed by atoms with van der Waals surface area (Å²) in [4.78, 5) is 26.0. The van der Waals surface area contributed by atoms with Crippen LogP contribution in [0.1, 0.15) is 19.4 Å². The van der Waals surface area contributed by atoms with E-state index in [0.29, 0.717) is 13.1 Å². The maximum atomic E-state index is 11.5. The average molecular weight is 291 g/mol. The van der Waals surface area contributed by atoms with Gasteiger partial charge in [-0.25, -0.2) is 0 Å². The monoisotopic (exact) mass is 291 g/mol. The van der Waals surface area contributed by atoms with E-state index < -0.39 is 4.92 Å². The number of carbonyl (C=O) groups is 1. The first kappa shape index (κ1) is 15.4. The molecule has 1 aromatic carbocycles. The molecule has 0 aromatic heterocycles. The van der Waals surface area contributed by atoms with Crippen molar-refractivity contribution in [2.24, 2.45) is 0 Å². The molecule has 2 rings (SSSR count). The van der Waals surface area contributed by atoms with E-state index in [-0.39, 0.29) is 17.1 Å². The number of nitrogens with zero attached hydrogens (tertiary/aromatic N) is 3. The first-order valence-corrected chi connectivity index (χ1v) is 6.92. The predicted octanol–water partition coefficient (Wildman–Crippen LogP) is 1.82. The summed E-state index contributed by atoms with van der Waals surface area (Å²) in [5, 5.41) is 11.0. The fourth-order valence-electron chi connectivity index (χ4n) is 2.92. The van der Waals surface area contributed by atoms with Crippen molar-refractivity contribution in [1.29, 1.82) is 0 Å². The van der Waals surface area contributed by atoms with Gasteiger partial charge in [0.1, 0.15) is 6.29 Å².